The van der Waals surface area contributed by atoms with Gasteiger partial charge >= 0.3 is 0 Å². The minimum absolute atomic E-state index is 0.00249. The summed E-state index contributed by atoms with van der Waals surface area (Å²) in [4.78, 5) is 4.65. The number of aliphatic hydroxyl groups is 1. The van der Waals surface area contributed by atoms with E-state index in [9.17, 15) is 13.5 Å². The van der Waals surface area contributed by atoms with Gasteiger partial charge in [-0.15, -0.1) is 0 Å². The van der Waals surface area contributed by atoms with Crippen LogP contribution in [0, 0.1) is 6.92 Å². The number of aryl methyl sites for hydroxylation is 1. The summed E-state index contributed by atoms with van der Waals surface area (Å²) in [6.07, 6.45) is 4.19. The number of nitrogens with one attached hydrogen (secondary N) is 1. The van der Waals surface area contributed by atoms with Crippen LogP contribution in [0.5, 0.6) is 5.75 Å². The topological polar surface area (TPSA) is 102 Å². The van der Waals surface area contributed by atoms with Crippen molar-refractivity contribution in [3.05, 3.63) is 29.8 Å². The van der Waals surface area contributed by atoms with E-state index in [1.807, 2.05) is 6.92 Å². The summed E-state index contributed by atoms with van der Waals surface area (Å²) in [7, 11) is -2.34. The summed E-state index contributed by atoms with van der Waals surface area (Å²) in [5.74, 6) is 1.58. The summed E-state index contributed by atoms with van der Waals surface area (Å²) in [6, 6.07) is 4.84. The molecule has 1 aromatic carbocycles. The molecule has 2 aromatic rings. The second kappa shape index (κ2) is 7.41. The van der Waals surface area contributed by atoms with Crippen molar-refractivity contribution in [2.45, 2.75) is 74.8 Å². The van der Waals surface area contributed by atoms with Gasteiger partial charge in [-0.2, -0.15) is 0 Å². The van der Waals surface area contributed by atoms with Crippen LogP contribution in [-0.2, 0) is 15.4 Å². The molecule has 0 bridgehead atoms. The van der Waals surface area contributed by atoms with Crippen molar-refractivity contribution in [2.75, 3.05) is 7.11 Å². The average Bonchev–Trinajstić information content (AvgIpc) is 3.32. The molecule has 29 heavy (non-hydrogen) atoms. The number of hydrogen-bond donors (Lipinski definition) is 2. The van der Waals surface area contributed by atoms with Crippen LogP contribution in [0.3, 0.4) is 0 Å². The third kappa shape index (κ3) is 4.06. The van der Waals surface area contributed by atoms with Crippen LogP contribution in [0.2, 0.25) is 0 Å². The molecule has 0 radical (unpaired) electrons. The van der Waals surface area contributed by atoms with Gasteiger partial charge in [0.15, 0.2) is 5.76 Å². The Morgan fingerprint density at radius 1 is 1.24 bits per heavy atom. The van der Waals surface area contributed by atoms with Crippen molar-refractivity contribution < 1.29 is 22.7 Å². The number of nitrogens with zero attached hydrogens (tertiary/aromatic N) is 1. The highest BCUT2D eigenvalue weighted by Crippen LogP contribution is 2.48. The fraction of sp³-hybridized carbons (Fsp3) is 0.571. The molecule has 2 fully saturated rings. The summed E-state index contributed by atoms with van der Waals surface area (Å²) < 4.78 is 40.3. The lowest BCUT2D eigenvalue weighted by Crippen LogP contribution is -2.38. The van der Waals surface area contributed by atoms with Crippen LogP contribution in [0.1, 0.15) is 57.0 Å². The lowest BCUT2D eigenvalue weighted by atomic mass is 9.94. The first kappa shape index (κ1) is 20.4. The van der Waals surface area contributed by atoms with Gasteiger partial charge in [0.1, 0.15) is 10.6 Å². The van der Waals surface area contributed by atoms with Crippen molar-refractivity contribution >= 4 is 10.0 Å². The standard InChI is InChI=1S/C21H28N2O5S/c1-13-19(28-20(22-13)21(2)10-11-21)14-4-9-17(27-3)18(12-14)29(25,26)23-15-5-7-16(24)8-6-15/h4,9,12,15-16,23-24H,5-8,10-11H2,1-3H3. The monoisotopic (exact) mass is 420 g/mol. The van der Waals surface area contributed by atoms with Gasteiger partial charge in [-0.1, -0.05) is 6.92 Å². The third-order valence-electron chi connectivity index (χ3n) is 6.05. The number of oxazole rings is 1. The number of aliphatic hydroxyl groups excluding tert-OH is 1. The zero-order chi connectivity index (χ0) is 20.8. The van der Waals surface area contributed by atoms with Gasteiger partial charge in [-0.25, -0.2) is 18.1 Å². The van der Waals surface area contributed by atoms with Gasteiger partial charge in [0, 0.05) is 17.0 Å². The molecule has 0 atom stereocenters. The van der Waals surface area contributed by atoms with Crippen LogP contribution in [0.25, 0.3) is 11.3 Å². The van der Waals surface area contributed by atoms with Crippen molar-refractivity contribution in [3.8, 4) is 17.1 Å². The van der Waals surface area contributed by atoms with Crippen molar-refractivity contribution in [1.82, 2.24) is 9.71 Å². The number of aromatic nitrogens is 1. The smallest absolute Gasteiger partial charge is 0.244 e. The van der Waals surface area contributed by atoms with E-state index >= 15 is 0 Å². The molecule has 0 saturated heterocycles. The Morgan fingerprint density at radius 3 is 2.55 bits per heavy atom. The van der Waals surface area contributed by atoms with E-state index in [4.69, 9.17) is 9.15 Å². The molecule has 0 unspecified atom stereocenters. The fourth-order valence-electron chi connectivity index (χ4n) is 3.83. The van der Waals surface area contributed by atoms with Gasteiger partial charge in [0.25, 0.3) is 0 Å². The molecule has 158 valence electrons. The van der Waals surface area contributed by atoms with Crippen molar-refractivity contribution in [3.63, 3.8) is 0 Å². The average molecular weight is 421 g/mol. The first-order valence-electron chi connectivity index (χ1n) is 10.1. The van der Waals surface area contributed by atoms with Crippen LogP contribution in [0.15, 0.2) is 27.5 Å². The lowest BCUT2D eigenvalue weighted by Gasteiger charge is -2.26. The summed E-state index contributed by atoms with van der Waals surface area (Å²) in [6.45, 7) is 4.00. The molecule has 2 aliphatic rings. The van der Waals surface area contributed by atoms with E-state index in [2.05, 4.69) is 16.6 Å². The molecule has 1 heterocycles. The van der Waals surface area contributed by atoms with Crippen LogP contribution in [0.4, 0.5) is 0 Å². The Morgan fingerprint density at radius 2 is 1.93 bits per heavy atom. The van der Waals surface area contributed by atoms with Crippen LogP contribution >= 0.6 is 0 Å². The Labute approximate surface area is 171 Å². The lowest BCUT2D eigenvalue weighted by molar-refractivity contribution is 0.120. The minimum atomic E-state index is -3.79. The molecule has 7 nitrogen and oxygen atoms in total. The SMILES string of the molecule is COc1ccc(-c2oc(C3(C)CC3)nc2C)cc1S(=O)(=O)NC1CCC(O)CC1. The molecule has 1 aromatic heterocycles. The molecule has 0 amide bonds. The Balaban J connectivity index is 1.66. The molecule has 0 aliphatic heterocycles. The van der Waals surface area contributed by atoms with Crippen LogP contribution < -0.4 is 9.46 Å². The number of ether oxygens (including phenoxy) is 1. The van der Waals surface area contributed by atoms with E-state index in [1.165, 1.54) is 7.11 Å². The Hall–Kier alpha value is -1.90. The van der Waals surface area contributed by atoms with Gasteiger partial charge < -0.3 is 14.3 Å². The Kier molecular flexibility index (Phi) is 5.21. The molecule has 2 N–H and O–H groups in total. The number of rotatable bonds is 6. The largest absolute Gasteiger partial charge is 0.495 e. The second-order valence-corrected chi connectivity index (χ2v) is 10.2. The number of sulfonamides is 1. The zero-order valence-corrected chi connectivity index (χ0v) is 17.9. The van der Waals surface area contributed by atoms with Gasteiger partial charge in [0.2, 0.25) is 15.9 Å². The quantitative estimate of drug-likeness (QED) is 0.744. The molecular formula is C21H28N2O5S. The summed E-state index contributed by atoms with van der Waals surface area (Å²) >= 11 is 0. The minimum Gasteiger partial charge on any atom is -0.495 e. The number of benzene rings is 1. The van der Waals surface area contributed by atoms with E-state index in [-0.39, 0.29) is 28.2 Å². The van der Waals surface area contributed by atoms with E-state index in [1.54, 1.807) is 18.2 Å². The highest BCUT2D eigenvalue weighted by atomic mass is 32.2. The predicted octanol–water partition coefficient (Wildman–Crippen LogP) is 3.29. The summed E-state index contributed by atoms with van der Waals surface area (Å²) in [5.41, 5.74) is 1.40. The Bertz CT molecular complexity index is 1000. The van der Waals surface area contributed by atoms with Crippen LogP contribution in [-0.4, -0.2) is 37.8 Å². The van der Waals surface area contributed by atoms with E-state index in [0.717, 1.165) is 18.5 Å². The molecular weight excluding hydrogens is 392 g/mol. The predicted molar refractivity (Wildman–Crippen MR) is 108 cm³/mol. The maximum absolute atomic E-state index is 13.1. The zero-order valence-electron chi connectivity index (χ0n) is 17.1. The summed E-state index contributed by atoms with van der Waals surface area (Å²) in [5, 5.41) is 9.66. The highest BCUT2D eigenvalue weighted by molar-refractivity contribution is 7.89. The van der Waals surface area contributed by atoms with Crippen molar-refractivity contribution in [2.24, 2.45) is 0 Å². The number of methoxy groups -OCH3 is 1. The molecule has 4 rings (SSSR count). The number of hydrogen-bond acceptors (Lipinski definition) is 6. The maximum Gasteiger partial charge on any atom is 0.244 e. The van der Waals surface area contributed by atoms with Gasteiger partial charge in [-0.05, 0) is 63.6 Å². The molecule has 0 spiro atoms. The highest BCUT2D eigenvalue weighted by Gasteiger charge is 2.44. The maximum atomic E-state index is 13.1. The van der Waals surface area contributed by atoms with Gasteiger partial charge in [-0.3, -0.25) is 0 Å². The second-order valence-electron chi connectivity index (χ2n) is 8.49. The first-order chi connectivity index (χ1) is 13.7. The van der Waals surface area contributed by atoms with E-state index < -0.39 is 10.0 Å². The van der Waals surface area contributed by atoms with Crippen molar-refractivity contribution in [1.29, 1.82) is 0 Å². The third-order valence-corrected chi connectivity index (χ3v) is 7.59. The molecule has 2 aliphatic carbocycles. The normalized spacial score (nSPS) is 23.7. The molecule has 8 heteroatoms. The fourth-order valence-corrected chi connectivity index (χ4v) is 5.33. The van der Waals surface area contributed by atoms with Gasteiger partial charge in [0.05, 0.1) is 18.9 Å². The first-order valence-corrected chi connectivity index (χ1v) is 11.6. The molecule has 2 saturated carbocycles. The van der Waals surface area contributed by atoms with E-state index in [0.29, 0.717) is 42.9 Å².